The number of benzene rings is 3. The Hall–Kier alpha value is -2.87. The van der Waals surface area contributed by atoms with Crippen LogP contribution in [0, 0.1) is 0 Å². The summed E-state index contributed by atoms with van der Waals surface area (Å²) in [4.78, 5) is 13.0. The van der Waals surface area contributed by atoms with Crippen LogP contribution in [0.3, 0.4) is 0 Å². The second-order valence-electron chi connectivity index (χ2n) is 8.14. The van der Waals surface area contributed by atoms with E-state index in [2.05, 4.69) is 17.4 Å². The Kier molecular flexibility index (Phi) is 8.72. The van der Waals surface area contributed by atoms with Crippen LogP contribution in [-0.4, -0.2) is 38.8 Å². The molecule has 34 heavy (non-hydrogen) atoms. The molecule has 0 bridgehead atoms. The zero-order valence-electron chi connectivity index (χ0n) is 19.5. The monoisotopic (exact) mass is 500 g/mol. The lowest BCUT2D eigenvalue weighted by Crippen LogP contribution is -2.33. The summed E-state index contributed by atoms with van der Waals surface area (Å²) >= 11 is 5.88. The Morgan fingerprint density at radius 2 is 1.74 bits per heavy atom. The molecular weight excluding hydrogens is 472 g/mol. The molecular formula is C26H29ClN2O4S. The van der Waals surface area contributed by atoms with Gasteiger partial charge < -0.3 is 10.1 Å². The maximum Gasteiger partial charge on any atom is 0.251 e. The molecule has 8 heteroatoms. The summed E-state index contributed by atoms with van der Waals surface area (Å²) in [5.41, 5.74) is 2.26. The number of halogens is 1. The number of nitrogens with zero attached hydrogens (tertiary/aromatic N) is 1. The molecule has 0 aliphatic carbocycles. The van der Waals surface area contributed by atoms with Gasteiger partial charge in [0.05, 0.1) is 12.0 Å². The van der Waals surface area contributed by atoms with E-state index in [1.807, 2.05) is 25.1 Å². The van der Waals surface area contributed by atoms with Crippen LogP contribution in [0.15, 0.2) is 77.7 Å². The molecule has 3 aromatic rings. The predicted octanol–water partition coefficient (Wildman–Crippen LogP) is 4.92. The van der Waals surface area contributed by atoms with Crippen molar-refractivity contribution in [1.29, 1.82) is 0 Å². The molecule has 3 aromatic carbocycles. The van der Waals surface area contributed by atoms with Gasteiger partial charge in [0.25, 0.3) is 5.91 Å². The number of aryl methyl sites for hydroxylation is 1. The van der Waals surface area contributed by atoms with Crippen molar-refractivity contribution in [2.75, 3.05) is 14.2 Å². The first-order chi connectivity index (χ1) is 16.2. The molecule has 1 atom stereocenters. The number of rotatable bonds is 10. The number of carbonyl (C=O) groups is 1. The van der Waals surface area contributed by atoms with Gasteiger partial charge in [-0.3, -0.25) is 4.79 Å². The van der Waals surface area contributed by atoms with Crippen molar-refractivity contribution in [2.45, 2.75) is 37.2 Å². The van der Waals surface area contributed by atoms with Crippen LogP contribution in [0.2, 0.25) is 5.02 Å². The number of hydrogen-bond donors (Lipinski definition) is 1. The summed E-state index contributed by atoms with van der Waals surface area (Å²) in [6.45, 7) is 2.01. The van der Waals surface area contributed by atoms with E-state index in [0.29, 0.717) is 21.9 Å². The fourth-order valence-electron chi connectivity index (χ4n) is 3.56. The Labute approximate surface area is 206 Å². The van der Waals surface area contributed by atoms with Gasteiger partial charge in [0, 0.05) is 35.8 Å². The predicted molar refractivity (Wildman–Crippen MR) is 135 cm³/mol. The summed E-state index contributed by atoms with van der Waals surface area (Å²) in [6.07, 6.45) is 1.67. The SMILES string of the molecule is COc1ccc(C(=O)N[C@@H](C)CCc2ccccc2)cc1CN(C)S(=O)(=O)c1ccc(Cl)cc1. The Balaban J connectivity index is 1.70. The molecule has 180 valence electrons. The van der Waals surface area contributed by atoms with Crippen LogP contribution in [-0.2, 0) is 23.0 Å². The third-order valence-electron chi connectivity index (χ3n) is 5.54. The van der Waals surface area contributed by atoms with Gasteiger partial charge in [-0.2, -0.15) is 4.31 Å². The standard InChI is InChI=1S/C26H29ClN2O4S/c1-19(9-10-20-7-5-4-6-8-20)28-26(30)21-11-16-25(33-3)22(17-21)18-29(2)34(31,32)24-14-12-23(27)13-15-24/h4-8,11-17,19H,9-10,18H2,1-3H3,(H,28,30)/t19-/m0/s1. The summed E-state index contributed by atoms with van der Waals surface area (Å²) in [7, 11) is -0.746. The number of nitrogens with one attached hydrogen (secondary N) is 1. The first kappa shape index (κ1) is 25.7. The highest BCUT2D eigenvalue weighted by Crippen LogP contribution is 2.25. The van der Waals surface area contributed by atoms with E-state index in [-0.39, 0.29) is 23.4 Å². The lowest BCUT2D eigenvalue weighted by Gasteiger charge is -2.20. The van der Waals surface area contributed by atoms with Crippen LogP contribution < -0.4 is 10.1 Å². The summed E-state index contributed by atoms with van der Waals surface area (Å²) in [5.74, 6) is 0.291. The molecule has 6 nitrogen and oxygen atoms in total. The highest BCUT2D eigenvalue weighted by atomic mass is 35.5. The molecule has 0 radical (unpaired) electrons. The molecule has 1 amide bonds. The van der Waals surface area contributed by atoms with Gasteiger partial charge in [0.2, 0.25) is 10.0 Å². The lowest BCUT2D eigenvalue weighted by atomic mass is 10.1. The van der Waals surface area contributed by atoms with Crippen molar-refractivity contribution < 1.29 is 17.9 Å². The average molecular weight is 501 g/mol. The Morgan fingerprint density at radius 1 is 1.06 bits per heavy atom. The highest BCUT2D eigenvalue weighted by molar-refractivity contribution is 7.89. The zero-order valence-corrected chi connectivity index (χ0v) is 21.1. The normalized spacial score (nSPS) is 12.4. The van der Waals surface area contributed by atoms with E-state index >= 15 is 0 Å². The first-order valence-electron chi connectivity index (χ1n) is 10.9. The Morgan fingerprint density at radius 3 is 2.38 bits per heavy atom. The molecule has 0 aliphatic rings. The van der Waals surface area contributed by atoms with Gasteiger partial charge in [0.1, 0.15) is 5.75 Å². The minimum atomic E-state index is -3.75. The van der Waals surface area contributed by atoms with Crippen LogP contribution in [0.25, 0.3) is 0 Å². The van der Waals surface area contributed by atoms with Crippen molar-refractivity contribution in [3.8, 4) is 5.75 Å². The van der Waals surface area contributed by atoms with Crippen molar-refractivity contribution in [3.63, 3.8) is 0 Å². The largest absolute Gasteiger partial charge is 0.496 e. The molecule has 0 aliphatic heterocycles. The van der Waals surface area contributed by atoms with Gasteiger partial charge >= 0.3 is 0 Å². The maximum absolute atomic E-state index is 13.0. The Bertz CT molecular complexity index is 1220. The van der Waals surface area contributed by atoms with Gasteiger partial charge in [-0.15, -0.1) is 0 Å². The minimum Gasteiger partial charge on any atom is -0.496 e. The topological polar surface area (TPSA) is 75.7 Å². The van der Waals surface area contributed by atoms with E-state index in [0.717, 1.165) is 12.8 Å². The van der Waals surface area contributed by atoms with Gasteiger partial charge in [0.15, 0.2) is 0 Å². The van der Waals surface area contributed by atoms with E-state index in [1.165, 1.54) is 48.3 Å². The van der Waals surface area contributed by atoms with Crippen LogP contribution in [0.5, 0.6) is 5.75 Å². The van der Waals surface area contributed by atoms with Crippen molar-refractivity contribution >= 4 is 27.5 Å². The maximum atomic E-state index is 13.0. The first-order valence-corrected chi connectivity index (χ1v) is 12.8. The molecule has 0 saturated carbocycles. The van der Waals surface area contributed by atoms with Crippen LogP contribution >= 0.6 is 11.6 Å². The fourth-order valence-corrected chi connectivity index (χ4v) is 4.84. The van der Waals surface area contributed by atoms with Crippen molar-refractivity contribution in [3.05, 3.63) is 94.5 Å². The molecule has 0 spiro atoms. The highest BCUT2D eigenvalue weighted by Gasteiger charge is 2.23. The third kappa shape index (κ3) is 6.59. The summed E-state index contributed by atoms with van der Waals surface area (Å²) in [5, 5.41) is 3.48. The van der Waals surface area contributed by atoms with Crippen molar-refractivity contribution in [1.82, 2.24) is 9.62 Å². The fraction of sp³-hybridized carbons (Fsp3) is 0.269. The molecule has 1 N–H and O–H groups in total. The molecule has 0 saturated heterocycles. The lowest BCUT2D eigenvalue weighted by molar-refractivity contribution is 0.0938. The van der Waals surface area contributed by atoms with Crippen molar-refractivity contribution in [2.24, 2.45) is 0 Å². The zero-order chi connectivity index (χ0) is 24.7. The second kappa shape index (κ2) is 11.5. The van der Waals surface area contributed by atoms with E-state index in [1.54, 1.807) is 18.2 Å². The van der Waals surface area contributed by atoms with E-state index < -0.39 is 10.0 Å². The average Bonchev–Trinajstić information content (AvgIpc) is 2.83. The second-order valence-corrected chi connectivity index (χ2v) is 10.6. The van der Waals surface area contributed by atoms with E-state index in [9.17, 15) is 13.2 Å². The van der Waals surface area contributed by atoms with Crippen LogP contribution in [0.4, 0.5) is 0 Å². The molecule has 3 rings (SSSR count). The number of sulfonamides is 1. The van der Waals surface area contributed by atoms with Gasteiger partial charge in [-0.1, -0.05) is 41.9 Å². The number of amides is 1. The van der Waals surface area contributed by atoms with Crippen LogP contribution in [0.1, 0.15) is 34.8 Å². The third-order valence-corrected chi connectivity index (χ3v) is 7.61. The molecule has 0 heterocycles. The van der Waals surface area contributed by atoms with Gasteiger partial charge in [-0.25, -0.2) is 8.42 Å². The number of hydrogen-bond acceptors (Lipinski definition) is 4. The smallest absolute Gasteiger partial charge is 0.251 e. The summed E-state index contributed by atoms with van der Waals surface area (Å²) < 4.78 is 32.6. The number of carbonyl (C=O) groups excluding carboxylic acids is 1. The number of ether oxygens (including phenoxy) is 1. The van der Waals surface area contributed by atoms with Gasteiger partial charge in [-0.05, 0) is 67.8 Å². The minimum absolute atomic E-state index is 0.0220. The number of methoxy groups -OCH3 is 1. The quantitative estimate of drug-likeness (QED) is 0.428. The molecule has 0 aromatic heterocycles. The van der Waals surface area contributed by atoms with E-state index in [4.69, 9.17) is 16.3 Å². The molecule has 0 unspecified atom stereocenters. The summed E-state index contributed by atoms with van der Waals surface area (Å²) in [6, 6.07) is 21.1. The molecule has 0 fully saturated rings.